The SMILES string of the molecule is COC(c1ccccc1)c1c(-c2ncno2)[nH]c2ccc(Cl)cc12. The van der Waals surface area contributed by atoms with E-state index in [4.69, 9.17) is 20.9 Å². The summed E-state index contributed by atoms with van der Waals surface area (Å²) in [5, 5.41) is 5.33. The lowest BCUT2D eigenvalue weighted by Crippen LogP contribution is -2.04. The van der Waals surface area contributed by atoms with Gasteiger partial charge in [0.25, 0.3) is 5.89 Å². The summed E-state index contributed by atoms with van der Waals surface area (Å²) in [6.07, 6.45) is 1.09. The maximum Gasteiger partial charge on any atom is 0.274 e. The van der Waals surface area contributed by atoms with E-state index in [1.807, 2.05) is 48.5 Å². The van der Waals surface area contributed by atoms with Gasteiger partial charge in [0.2, 0.25) is 0 Å². The van der Waals surface area contributed by atoms with E-state index in [0.29, 0.717) is 10.9 Å². The minimum absolute atomic E-state index is 0.291. The highest BCUT2D eigenvalue weighted by molar-refractivity contribution is 6.31. The molecule has 0 spiro atoms. The summed E-state index contributed by atoms with van der Waals surface area (Å²) in [4.78, 5) is 7.52. The molecule has 2 aromatic carbocycles. The first kappa shape index (κ1) is 14.9. The molecular weight excluding hydrogens is 326 g/mol. The number of rotatable bonds is 4. The smallest absolute Gasteiger partial charge is 0.274 e. The molecule has 2 aromatic heterocycles. The molecule has 4 aromatic rings. The van der Waals surface area contributed by atoms with Gasteiger partial charge in [-0.2, -0.15) is 4.98 Å². The zero-order valence-corrected chi connectivity index (χ0v) is 13.6. The molecule has 1 unspecified atom stereocenters. The first-order valence-corrected chi connectivity index (χ1v) is 7.81. The van der Waals surface area contributed by atoms with Crippen molar-refractivity contribution < 1.29 is 9.26 Å². The molecule has 2 heterocycles. The van der Waals surface area contributed by atoms with Gasteiger partial charge < -0.3 is 14.2 Å². The molecule has 1 atom stereocenters. The van der Waals surface area contributed by atoms with Crippen LogP contribution in [0, 0.1) is 0 Å². The number of H-pyrrole nitrogens is 1. The summed E-state index contributed by atoms with van der Waals surface area (Å²) < 4.78 is 11.1. The molecule has 120 valence electrons. The zero-order chi connectivity index (χ0) is 16.5. The van der Waals surface area contributed by atoms with Crippen LogP contribution in [0.2, 0.25) is 5.02 Å². The third-order valence-corrected chi connectivity index (χ3v) is 4.21. The fourth-order valence-corrected chi connectivity index (χ4v) is 3.13. The highest BCUT2D eigenvalue weighted by Crippen LogP contribution is 2.39. The lowest BCUT2D eigenvalue weighted by atomic mass is 9.98. The standard InChI is InChI=1S/C18H14ClN3O2/c1-23-17(11-5-3-2-4-6-11)15-13-9-12(19)7-8-14(13)22-16(15)18-20-10-21-24-18/h2-10,17,22H,1H3. The molecule has 24 heavy (non-hydrogen) atoms. The molecule has 0 radical (unpaired) electrons. The third-order valence-electron chi connectivity index (χ3n) is 3.98. The van der Waals surface area contributed by atoms with Crippen molar-refractivity contribution in [2.45, 2.75) is 6.10 Å². The number of methoxy groups -OCH3 is 1. The molecule has 0 aliphatic heterocycles. The Morgan fingerprint density at radius 2 is 2.00 bits per heavy atom. The van der Waals surface area contributed by atoms with Gasteiger partial charge in [-0.1, -0.05) is 47.1 Å². The van der Waals surface area contributed by atoms with Crippen LogP contribution < -0.4 is 0 Å². The van der Waals surface area contributed by atoms with Gasteiger partial charge in [0.1, 0.15) is 11.8 Å². The van der Waals surface area contributed by atoms with Crippen molar-refractivity contribution in [2.24, 2.45) is 0 Å². The Balaban J connectivity index is 2.01. The van der Waals surface area contributed by atoms with Crippen LogP contribution in [0.25, 0.3) is 22.5 Å². The lowest BCUT2D eigenvalue weighted by molar-refractivity contribution is 0.138. The van der Waals surface area contributed by atoms with Crippen LogP contribution in [0.1, 0.15) is 17.2 Å². The molecule has 0 fully saturated rings. The maximum atomic E-state index is 6.21. The van der Waals surface area contributed by atoms with Crippen molar-refractivity contribution in [3.63, 3.8) is 0 Å². The minimum atomic E-state index is -0.291. The van der Waals surface area contributed by atoms with E-state index in [1.165, 1.54) is 6.33 Å². The molecule has 0 aliphatic rings. The van der Waals surface area contributed by atoms with Gasteiger partial charge >= 0.3 is 0 Å². The second kappa shape index (κ2) is 6.11. The van der Waals surface area contributed by atoms with Crippen molar-refractivity contribution >= 4 is 22.5 Å². The maximum absolute atomic E-state index is 6.21. The first-order valence-electron chi connectivity index (χ1n) is 7.44. The molecule has 5 nitrogen and oxygen atoms in total. The van der Waals surface area contributed by atoms with Gasteiger partial charge in [-0.05, 0) is 23.8 Å². The number of hydrogen-bond acceptors (Lipinski definition) is 4. The summed E-state index contributed by atoms with van der Waals surface area (Å²) in [5.74, 6) is 0.412. The number of ether oxygens (including phenoxy) is 1. The minimum Gasteiger partial charge on any atom is -0.372 e. The molecule has 4 rings (SSSR count). The number of hydrogen-bond donors (Lipinski definition) is 1. The highest BCUT2D eigenvalue weighted by Gasteiger charge is 2.25. The number of aromatic amines is 1. The van der Waals surface area contributed by atoms with Gasteiger partial charge in [0.05, 0.1) is 0 Å². The van der Waals surface area contributed by atoms with Gasteiger partial charge in [0.15, 0.2) is 6.33 Å². The quantitative estimate of drug-likeness (QED) is 0.590. The zero-order valence-electron chi connectivity index (χ0n) is 12.9. The molecule has 0 saturated carbocycles. The van der Waals surface area contributed by atoms with Crippen molar-refractivity contribution in [2.75, 3.05) is 7.11 Å². The van der Waals surface area contributed by atoms with Crippen LogP contribution in [0.3, 0.4) is 0 Å². The number of nitrogens with zero attached hydrogens (tertiary/aromatic N) is 2. The van der Waals surface area contributed by atoms with Crippen molar-refractivity contribution in [3.8, 4) is 11.6 Å². The Morgan fingerprint density at radius 3 is 2.71 bits per heavy atom. The van der Waals surface area contributed by atoms with E-state index in [2.05, 4.69) is 15.1 Å². The third kappa shape index (κ3) is 2.48. The Hall–Kier alpha value is -2.63. The summed E-state index contributed by atoms with van der Waals surface area (Å²) >= 11 is 6.21. The van der Waals surface area contributed by atoms with Gasteiger partial charge in [-0.25, -0.2) is 0 Å². The van der Waals surface area contributed by atoms with Crippen LogP contribution in [-0.2, 0) is 4.74 Å². The number of benzene rings is 2. The first-order chi connectivity index (χ1) is 11.8. The van der Waals surface area contributed by atoms with Gasteiger partial charge in [-0.3, -0.25) is 0 Å². The topological polar surface area (TPSA) is 63.9 Å². The molecule has 0 saturated heterocycles. The Labute approximate surface area is 143 Å². The molecule has 6 heteroatoms. The van der Waals surface area contributed by atoms with E-state index < -0.39 is 0 Å². The predicted molar refractivity (Wildman–Crippen MR) is 91.9 cm³/mol. The highest BCUT2D eigenvalue weighted by atomic mass is 35.5. The molecular formula is C18H14ClN3O2. The van der Waals surface area contributed by atoms with E-state index in [9.17, 15) is 0 Å². The second-order valence-corrected chi connectivity index (χ2v) is 5.81. The van der Waals surface area contributed by atoms with Crippen LogP contribution in [0.15, 0.2) is 59.4 Å². The molecule has 1 N–H and O–H groups in total. The molecule has 0 bridgehead atoms. The predicted octanol–water partition coefficient (Wildman–Crippen LogP) is 4.61. The Bertz CT molecular complexity index is 965. The average Bonchev–Trinajstić information content (AvgIpc) is 3.25. The van der Waals surface area contributed by atoms with Gasteiger partial charge in [-0.15, -0.1) is 0 Å². The van der Waals surface area contributed by atoms with Crippen molar-refractivity contribution in [1.29, 1.82) is 0 Å². The van der Waals surface area contributed by atoms with Gasteiger partial charge in [0, 0.05) is 28.6 Å². The Morgan fingerprint density at radius 1 is 1.17 bits per heavy atom. The number of aromatic nitrogens is 3. The number of fused-ring (bicyclic) bond motifs is 1. The van der Waals surface area contributed by atoms with Crippen molar-refractivity contribution in [3.05, 3.63) is 71.0 Å². The molecule has 0 amide bonds. The fourth-order valence-electron chi connectivity index (χ4n) is 2.96. The summed E-state index contributed by atoms with van der Waals surface area (Å²) in [6.45, 7) is 0. The van der Waals surface area contributed by atoms with Crippen LogP contribution in [0.4, 0.5) is 0 Å². The van der Waals surface area contributed by atoms with Crippen LogP contribution in [-0.4, -0.2) is 22.2 Å². The number of halogens is 1. The summed E-state index contributed by atoms with van der Waals surface area (Å²) in [7, 11) is 1.68. The normalized spacial score (nSPS) is 12.6. The molecule has 0 aliphatic carbocycles. The number of nitrogens with one attached hydrogen (secondary N) is 1. The van der Waals surface area contributed by atoms with E-state index in [-0.39, 0.29) is 6.10 Å². The largest absolute Gasteiger partial charge is 0.372 e. The van der Waals surface area contributed by atoms with Crippen molar-refractivity contribution in [1.82, 2.24) is 15.1 Å². The lowest BCUT2D eigenvalue weighted by Gasteiger charge is -2.16. The summed E-state index contributed by atoms with van der Waals surface area (Å²) in [5.41, 5.74) is 3.62. The van der Waals surface area contributed by atoms with E-state index in [0.717, 1.165) is 27.7 Å². The average molecular weight is 340 g/mol. The van der Waals surface area contributed by atoms with Crippen LogP contribution >= 0.6 is 11.6 Å². The van der Waals surface area contributed by atoms with E-state index >= 15 is 0 Å². The Kier molecular flexibility index (Phi) is 3.80. The second-order valence-electron chi connectivity index (χ2n) is 5.38. The van der Waals surface area contributed by atoms with Crippen LogP contribution in [0.5, 0.6) is 0 Å². The summed E-state index contributed by atoms with van der Waals surface area (Å²) in [6, 6.07) is 15.7. The monoisotopic (exact) mass is 339 g/mol. The van der Waals surface area contributed by atoms with E-state index in [1.54, 1.807) is 7.11 Å². The fraction of sp³-hybridized carbons (Fsp3) is 0.111.